The van der Waals surface area contributed by atoms with Crippen molar-refractivity contribution in [2.75, 3.05) is 0 Å². The number of nitrogens with zero attached hydrogens (tertiary/aromatic N) is 2. The summed E-state index contributed by atoms with van der Waals surface area (Å²) in [5.74, 6) is 0. The Hall–Kier alpha value is -1.78. The van der Waals surface area contributed by atoms with Gasteiger partial charge in [0.25, 0.3) is 0 Å². The van der Waals surface area contributed by atoms with Crippen molar-refractivity contribution in [2.24, 2.45) is 0 Å². The minimum atomic E-state index is -0.0273. The van der Waals surface area contributed by atoms with Crippen LogP contribution in [0.4, 0.5) is 0 Å². The Balaban J connectivity index is 2.47. The van der Waals surface area contributed by atoms with Crippen molar-refractivity contribution in [1.82, 2.24) is 20.6 Å². The van der Waals surface area contributed by atoms with Gasteiger partial charge in [-0.1, -0.05) is 12.1 Å². The van der Waals surface area contributed by atoms with Gasteiger partial charge >= 0.3 is 0 Å². The van der Waals surface area contributed by atoms with Crippen LogP contribution in [0.15, 0.2) is 49.1 Å². The molecule has 2 atom stereocenters. The molecule has 0 aliphatic rings. The second-order valence-electron chi connectivity index (χ2n) is 8.32. The number of aromatic nitrogens is 2. The highest BCUT2D eigenvalue weighted by Gasteiger charge is 2.31. The van der Waals surface area contributed by atoms with Crippen molar-refractivity contribution in [1.29, 1.82) is 0 Å². The third-order valence-corrected chi connectivity index (χ3v) is 3.60. The van der Waals surface area contributed by atoms with Crippen LogP contribution in [-0.4, -0.2) is 21.0 Å². The quantitative estimate of drug-likeness (QED) is 0.871. The molecule has 0 fully saturated rings. The fraction of sp³-hybridized carbons (Fsp3) is 0.500. The summed E-state index contributed by atoms with van der Waals surface area (Å²) in [4.78, 5) is 8.65. The van der Waals surface area contributed by atoms with Crippen LogP contribution < -0.4 is 10.6 Å². The Morgan fingerprint density at radius 3 is 1.33 bits per heavy atom. The van der Waals surface area contributed by atoms with Gasteiger partial charge in [0, 0.05) is 35.9 Å². The monoisotopic (exact) mass is 326 g/mol. The molecule has 2 N–H and O–H groups in total. The van der Waals surface area contributed by atoms with Crippen molar-refractivity contribution in [3.05, 3.63) is 60.2 Å². The van der Waals surface area contributed by atoms with Crippen LogP contribution in [0, 0.1) is 0 Å². The van der Waals surface area contributed by atoms with Gasteiger partial charge < -0.3 is 10.6 Å². The fourth-order valence-electron chi connectivity index (χ4n) is 2.77. The molecule has 0 unspecified atom stereocenters. The normalized spacial score (nSPS) is 15.1. The molecule has 0 bridgehead atoms. The van der Waals surface area contributed by atoms with E-state index in [1.54, 1.807) is 0 Å². The molecule has 4 nitrogen and oxygen atoms in total. The summed E-state index contributed by atoms with van der Waals surface area (Å²) in [6, 6.07) is 8.41. The molecule has 4 heteroatoms. The van der Waals surface area contributed by atoms with E-state index in [-0.39, 0.29) is 23.2 Å². The van der Waals surface area contributed by atoms with E-state index in [4.69, 9.17) is 0 Å². The first-order valence-electron chi connectivity index (χ1n) is 8.51. The van der Waals surface area contributed by atoms with Crippen LogP contribution in [-0.2, 0) is 0 Å². The van der Waals surface area contributed by atoms with Gasteiger partial charge in [0.2, 0.25) is 0 Å². The first-order chi connectivity index (χ1) is 11.2. The van der Waals surface area contributed by atoms with Gasteiger partial charge in [-0.2, -0.15) is 0 Å². The van der Waals surface area contributed by atoms with Gasteiger partial charge in [0.1, 0.15) is 0 Å². The van der Waals surface area contributed by atoms with Crippen LogP contribution in [0.3, 0.4) is 0 Å². The number of pyridine rings is 2. The molecule has 2 heterocycles. The van der Waals surface area contributed by atoms with Gasteiger partial charge in [0.05, 0.1) is 12.1 Å². The van der Waals surface area contributed by atoms with Crippen molar-refractivity contribution >= 4 is 0 Å². The molecule has 2 aromatic heterocycles. The lowest BCUT2D eigenvalue weighted by atomic mass is 9.90. The summed E-state index contributed by atoms with van der Waals surface area (Å²) < 4.78 is 0. The molecule has 2 rings (SSSR count). The second-order valence-corrected chi connectivity index (χ2v) is 8.32. The molecule has 0 radical (unpaired) electrons. The molecule has 0 saturated heterocycles. The molecule has 0 saturated carbocycles. The number of rotatable bonds is 5. The average Bonchev–Trinajstić information content (AvgIpc) is 2.50. The van der Waals surface area contributed by atoms with E-state index >= 15 is 0 Å². The first-order valence-corrected chi connectivity index (χ1v) is 8.51. The Morgan fingerprint density at radius 1 is 0.708 bits per heavy atom. The Morgan fingerprint density at radius 2 is 1.08 bits per heavy atom. The second kappa shape index (κ2) is 7.41. The van der Waals surface area contributed by atoms with Gasteiger partial charge in [-0.15, -0.1) is 0 Å². The lowest BCUT2D eigenvalue weighted by molar-refractivity contribution is 0.258. The smallest absolute Gasteiger partial charge is 0.0538 e. The minimum absolute atomic E-state index is 0.0273. The Labute approximate surface area is 146 Å². The van der Waals surface area contributed by atoms with Crippen LogP contribution in [0.5, 0.6) is 0 Å². The molecule has 130 valence electrons. The maximum Gasteiger partial charge on any atom is 0.0538 e. The van der Waals surface area contributed by atoms with E-state index < -0.39 is 0 Å². The average molecular weight is 326 g/mol. The standard InChI is InChI=1S/C20H30N4/c1-19(2,3)23-17(15-9-7-11-21-13-15)18(24-20(4,5)6)16-10-8-12-22-14-16/h7-14,17-18,23-24H,1-6H3/t17-,18+. The van der Waals surface area contributed by atoms with E-state index in [1.807, 2.05) is 36.9 Å². The van der Waals surface area contributed by atoms with Crippen molar-refractivity contribution < 1.29 is 0 Å². The minimum Gasteiger partial charge on any atom is -0.304 e. The first kappa shape index (κ1) is 18.6. The zero-order chi connectivity index (χ0) is 17.8. The third-order valence-electron chi connectivity index (χ3n) is 3.60. The summed E-state index contributed by atoms with van der Waals surface area (Å²) in [5.41, 5.74) is 2.28. The Kier molecular flexibility index (Phi) is 5.73. The molecule has 0 spiro atoms. The lowest BCUT2D eigenvalue weighted by Crippen LogP contribution is -2.48. The molecule has 24 heavy (non-hydrogen) atoms. The maximum atomic E-state index is 4.32. The van der Waals surface area contributed by atoms with E-state index in [0.29, 0.717) is 0 Å². The van der Waals surface area contributed by atoms with E-state index in [1.165, 1.54) is 0 Å². The molecule has 0 aliphatic heterocycles. The van der Waals surface area contributed by atoms with Crippen LogP contribution in [0.2, 0.25) is 0 Å². The van der Waals surface area contributed by atoms with Crippen LogP contribution in [0.1, 0.15) is 64.8 Å². The van der Waals surface area contributed by atoms with Gasteiger partial charge in [0.15, 0.2) is 0 Å². The highest BCUT2D eigenvalue weighted by atomic mass is 15.1. The molecular weight excluding hydrogens is 296 g/mol. The zero-order valence-electron chi connectivity index (χ0n) is 15.7. The largest absolute Gasteiger partial charge is 0.304 e. The predicted molar refractivity (Wildman–Crippen MR) is 99.7 cm³/mol. The van der Waals surface area contributed by atoms with Gasteiger partial charge in [-0.05, 0) is 64.8 Å². The number of hydrogen-bond donors (Lipinski definition) is 2. The fourth-order valence-corrected chi connectivity index (χ4v) is 2.77. The van der Waals surface area contributed by atoms with E-state index in [2.05, 4.69) is 74.3 Å². The highest BCUT2D eigenvalue weighted by molar-refractivity contribution is 5.25. The SMILES string of the molecule is CC(C)(C)N[C@H](c1cccnc1)[C@@H](NC(C)(C)C)c1cccnc1. The van der Waals surface area contributed by atoms with Crippen LogP contribution in [0.25, 0.3) is 0 Å². The zero-order valence-corrected chi connectivity index (χ0v) is 15.7. The molecule has 0 aromatic carbocycles. The summed E-state index contributed by atoms with van der Waals surface area (Å²) in [5, 5.41) is 7.53. The maximum absolute atomic E-state index is 4.32. The lowest BCUT2D eigenvalue weighted by Gasteiger charge is -2.38. The summed E-state index contributed by atoms with van der Waals surface area (Å²) in [6.45, 7) is 13.1. The summed E-state index contributed by atoms with van der Waals surface area (Å²) in [6.07, 6.45) is 7.51. The van der Waals surface area contributed by atoms with Gasteiger partial charge in [-0.25, -0.2) is 0 Å². The van der Waals surface area contributed by atoms with Crippen molar-refractivity contribution in [3.8, 4) is 0 Å². The highest BCUT2D eigenvalue weighted by Crippen LogP contribution is 2.31. The van der Waals surface area contributed by atoms with Crippen molar-refractivity contribution in [3.63, 3.8) is 0 Å². The number of nitrogens with one attached hydrogen (secondary N) is 2. The molecule has 0 amide bonds. The molecular formula is C20H30N4. The summed E-state index contributed by atoms with van der Waals surface area (Å²) in [7, 11) is 0. The van der Waals surface area contributed by atoms with Gasteiger partial charge in [-0.3, -0.25) is 9.97 Å². The third kappa shape index (κ3) is 5.69. The summed E-state index contributed by atoms with van der Waals surface area (Å²) >= 11 is 0. The Bertz CT molecular complexity index is 554. The van der Waals surface area contributed by atoms with E-state index in [0.717, 1.165) is 11.1 Å². The van der Waals surface area contributed by atoms with E-state index in [9.17, 15) is 0 Å². The van der Waals surface area contributed by atoms with Crippen molar-refractivity contribution in [2.45, 2.75) is 64.7 Å². The topological polar surface area (TPSA) is 49.8 Å². The number of hydrogen-bond acceptors (Lipinski definition) is 4. The predicted octanol–water partition coefficient (Wildman–Crippen LogP) is 4.04. The molecule has 0 aliphatic carbocycles. The molecule has 2 aromatic rings. The van der Waals surface area contributed by atoms with Crippen LogP contribution >= 0.6 is 0 Å².